The van der Waals surface area contributed by atoms with E-state index in [1.165, 1.54) is 0 Å². The molecule has 2 N–H and O–H groups in total. The highest BCUT2D eigenvalue weighted by Gasteiger charge is 2.40. The summed E-state index contributed by atoms with van der Waals surface area (Å²) in [5.74, 6) is 0.0784. The zero-order valence-electron chi connectivity index (χ0n) is 13.7. The molecule has 1 amide bonds. The van der Waals surface area contributed by atoms with Crippen LogP contribution >= 0.6 is 12.4 Å². The van der Waals surface area contributed by atoms with Gasteiger partial charge in [-0.1, -0.05) is 6.92 Å². The largest absolute Gasteiger partial charge is 0.466 e. The predicted octanol–water partition coefficient (Wildman–Crippen LogP) is 2.18. The Hall–Kier alpha value is -0.810. The first-order valence-electron chi connectivity index (χ1n) is 8.34. The Morgan fingerprint density at radius 1 is 1.23 bits per heavy atom. The molecule has 0 spiro atoms. The quantitative estimate of drug-likeness (QED) is 0.757. The maximum Gasteiger partial charge on any atom is 0.308 e. The molecule has 1 unspecified atom stereocenters. The summed E-state index contributed by atoms with van der Waals surface area (Å²) in [6, 6.07) is 0.203. The van der Waals surface area contributed by atoms with Crippen LogP contribution in [0, 0.1) is 5.92 Å². The van der Waals surface area contributed by atoms with E-state index >= 15 is 0 Å². The molecule has 0 aromatic rings. The van der Waals surface area contributed by atoms with Crippen molar-refractivity contribution < 1.29 is 14.3 Å². The van der Waals surface area contributed by atoms with E-state index in [1.807, 2.05) is 6.92 Å². The molecule has 0 aromatic carbocycles. The minimum absolute atomic E-state index is 0. The zero-order valence-corrected chi connectivity index (χ0v) is 14.5. The highest BCUT2D eigenvalue weighted by atomic mass is 35.5. The number of hydrogen-bond acceptors (Lipinski definition) is 4. The van der Waals surface area contributed by atoms with Crippen molar-refractivity contribution in [2.24, 2.45) is 5.92 Å². The number of esters is 1. The summed E-state index contributed by atoms with van der Waals surface area (Å²) in [5.41, 5.74) is -0.363. The third-order valence-corrected chi connectivity index (χ3v) is 4.96. The highest BCUT2D eigenvalue weighted by Crippen LogP contribution is 2.28. The third kappa shape index (κ3) is 4.35. The van der Waals surface area contributed by atoms with Gasteiger partial charge in [0.05, 0.1) is 18.1 Å². The van der Waals surface area contributed by atoms with Gasteiger partial charge in [0.25, 0.3) is 0 Å². The lowest BCUT2D eigenvalue weighted by Crippen LogP contribution is -2.55. The van der Waals surface area contributed by atoms with Gasteiger partial charge in [-0.2, -0.15) is 0 Å². The summed E-state index contributed by atoms with van der Waals surface area (Å²) in [6.45, 7) is 5.27. The molecule has 128 valence electrons. The molecule has 0 radical (unpaired) electrons. The predicted molar refractivity (Wildman–Crippen MR) is 88.0 cm³/mol. The summed E-state index contributed by atoms with van der Waals surface area (Å²) in [7, 11) is 0. The second-order valence-electron chi connectivity index (χ2n) is 6.24. The van der Waals surface area contributed by atoms with Crippen LogP contribution in [0.2, 0.25) is 0 Å². The van der Waals surface area contributed by atoms with Crippen molar-refractivity contribution in [2.45, 2.75) is 70.4 Å². The maximum absolute atomic E-state index is 12.5. The minimum atomic E-state index is -0.363. The fourth-order valence-electron chi connectivity index (χ4n) is 3.52. The van der Waals surface area contributed by atoms with E-state index in [0.717, 1.165) is 51.5 Å². The van der Waals surface area contributed by atoms with Crippen LogP contribution in [0.15, 0.2) is 0 Å². The van der Waals surface area contributed by atoms with Crippen LogP contribution in [0.1, 0.15) is 58.8 Å². The fourth-order valence-corrected chi connectivity index (χ4v) is 3.52. The Bertz CT molecular complexity index is 376. The van der Waals surface area contributed by atoms with E-state index in [2.05, 4.69) is 17.6 Å². The normalized spacial score (nSPS) is 31.2. The molecule has 5 nitrogen and oxygen atoms in total. The van der Waals surface area contributed by atoms with Gasteiger partial charge in [0.1, 0.15) is 0 Å². The Labute approximate surface area is 139 Å². The molecule has 2 fully saturated rings. The van der Waals surface area contributed by atoms with Crippen LogP contribution in [0.3, 0.4) is 0 Å². The maximum atomic E-state index is 12.5. The van der Waals surface area contributed by atoms with Crippen LogP contribution in [-0.2, 0) is 14.3 Å². The van der Waals surface area contributed by atoms with Crippen LogP contribution in [-0.4, -0.2) is 36.6 Å². The number of carbonyl (C=O) groups is 2. The van der Waals surface area contributed by atoms with Crippen LogP contribution in [0.25, 0.3) is 0 Å². The minimum Gasteiger partial charge on any atom is -0.466 e. The standard InChI is InChI=1S/C16H28N2O3.ClH/c1-3-16(10-5-11-17-16)15(20)18-13-8-6-12(7-9-13)14(19)21-4-2;/h12-13,17H,3-11H2,1-2H3,(H,18,20);1H. The van der Waals surface area contributed by atoms with Crippen LogP contribution < -0.4 is 10.6 Å². The molecule has 0 bridgehead atoms. The van der Waals surface area contributed by atoms with Gasteiger partial charge in [0.15, 0.2) is 0 Å². The van der Waals surface area contributed by atoms with Gasteiger partial charge in [-0.05, 0) is 58.4 Å². The van der Waals surface area contributed by atoms with E-state index in [0.29, 0.717) is 6.61 Å². The summed E-state index contributed by atoms with van der Waals surface area (Å²) in [5, 5.41) is 6.56. The number of ether oxygens (including phenoxy) is 1. The summed E-state index contributed by atoms with van der Waals surface area (Å²) < 4.78 is 5.08. The molecule has 0 aromatic heterocycles. The second kappa shape index (κ2) is 8.73. The molecule has 22 heavy (non-hydrogen) atoms. The van der Waals surface area contributed by atoms with Crippen molar-refractivity contribution >= 4 is 24.3 Å². The number of halogens is 1. The second-order valence-corrected chi connectivity index (χ2v) is 6.24. The Balaban J connectivity index is 0.00000242. The first-order valence-corrected chi connectivity index (χ1v) is 8.34. The van der Waals surface area contributed by atoms with Crippen molar-refractivity contribution in [1.82, 2.24) is 10.6 Å². The highest BCUT2D eigenvalue weighted by molar-refractivity contribution is 5.87. The average Bonchev–Trinajstić information content (AvgIpc) is 2.98. The number of nitrogens with one attached hydrogen (secondary N) is 2. The van der Waals surface area contributed by atoms with E-state index in [9.17, 15) is 9.59 Å². The molecule has 6 heteroatoms. The molecule has 1 saturated carbocycles. The van der Waals surface area contributed by atoms with Gasteiger partial charge in [0, 0.05) is 6.04 Å². The molecule has 2 aliphatic rings. The van der Waals surface area contributed by atoms with Gasteiger partial charge in [-0.25, -0.2) is 0 Å². The van der Waals surface area contributed by atoms with Gasteiger partial charge in [0.2, 0.25) is 5.91 Å². The van der Waals surface area contributed by atoms with Gasteiger partial charge < -0.3 is 15.4 Å². The van der Waals surface area contributed by atoms with Crippen molar-refractivity contribution in [3.8, 4) is 0 Å². The summed E-state index contributed by atoms with van der Waals surface area (Å²) in [6.07, 6.45) is 6.19. The number of hydrogen-bond donors (Lipinski definition) is 2. The lowest BCUT2D eigenvalue weighted by atomic mass is 9.85. The molecule has 1 heterocycles. The Morgan fingerprint density at radius 3 is 2.41 bits per heavy atom. The first-order chi connectivity index (χ1) is 10.1. The van der Waals surface area contributed by atoms with E-state index in [4.69, 9.17) is 4.74 Å². The van der Waals surface area contributed by atoms with Crippen LogP contribution in [0.4, 0.5) is 0 Å². The van der Waals surface area contributed by atoms with Gasteiger partial charge in [-0.15, -0.1) is 12.4 Å². The Kier molecular flexibility index (Phi) is 7.63. The van der Waals surface area contributed by atoms with Crippen molar-refractivity contribution in [3.05, 3.63) is 0 Å². The van der Waals surface area contributed by atoms with Crippen molar-refractivity contribution in [1.29, 1.82) is 0 Å². The molecule has 1 saturated heterocycles. The Morgan fingerprint density at radius 2 is 1.91 bits per heavy atom. The monoisotopic (exact) mass is 332 g/mol. The summed E-state index contributed by atoms with van der Waals surface area (Å²) in [4.78, 5) is 24.2. The van der Waals surface area contributed by atoms with Gasteiger partial charge in [-0.3, -0.25) is 9.59 Å². The smallest absolute Gasteiger partial charge is 0.308 e. The first kappa shape index (κ1) is 19.2. The fraction of sp³-hybridized carbons (Fsp3) is 0.875. The third-order valence-electron chi connectivity index (χ3n) is 4.96. The molecular weight excluding hydrogens is 304 g/mol. The number of rotatable bonds is 5. The number of carbonyl (C=O) groups excluding carboxylic acids is 2. The van der Waals surface area contributed by atoms with E-state index in [-0.39, 0.29) is 41.8 Å². The van der Waals surface area contributed by atoms with Crippen molar-refractivity contribution in [2.75, 3.05) is 13.2 Å². The molecular formula is C16H29ClN2O3. The zero-order chi connectivity index (χ0) is 15.3. The number of amides is 1. The lowest BCUT2D eigenvalue weighted by molar-refractivity contribution is -0.149. The molecule has 1 aliphatic heterocycles. The molecule has 1 aliphatic carbocycles. The van der Waals surface area contributed by atoms with E-state index in [1.54, 1.807) is 0 Å². The molecule has 1 atom stereocenters. The van der Waals surface area contributed by atoms with Crippen LogP contribution in [0.5, 0.6) is 0 Å². The topological polar surface area (TPSA) is 67.4 Å². The van der Waals surface area contributed by atoms with Crippen molar-refractivity contribution in [3.63, 3.8) is 0 Å². The lowest BCUT2D eigenvalue weighted by Gasteiger charge is -2.32. The average molecular weight is 333 g/mol. The van der Waals surface area contributed by atoms with E-state index < -0.39 is 0 Å². The SMILES string of the molecule is CCOC(=O)C1CCC(NC(=O)C2(CC)CCCN2)CC1.Cl. The molecule has 2 rings (SSSR count). The van der Waals surface area contributed by atoms with Gasteiger partial charge >= 0.3 is 5.97 Å². The summed E-state index contributed by atoms with van der Waals surface area (Å²) >= 11 is 0.